The van der Waals surface area contributed by atoms with Gasteiger partial charge in [0.2, 0.25) is 5.91 Å². The van der Waals surface area contributed by atoms with Crippen LogP contribution in [0.4, 0.5) is 0 Å². The average Bonchev–Trinajstić information content (AvgIpc) is 3.52. The van der Waals surface area contributed by atoms with Gasteiger partial charge in [0.05, 0.1) is 17.2 Å². The van der Waals surface area contributed by atoms with Crippen molar-refractivity contribution in [2.24, 2.45) is 11.8 Å². The van der Waals surface area contributed by atoms with Gasteiger partial charge in [0, 0.05) is 25.4 Å². The molecule has 0 spiro atoms. The van der Waals surface area contributed by atoms with E-state index >= 15 is 0 Å². The van der Waals surface area contributed by atoms with Gasteiger partial charge < -0.3 is 15.2 Å². The number of carbonyl (C=O) groups is 1. The number of benzene rings is 2. The summed E-state index contributed by atoms with van der Waals surface area (Å²) in [5, 5.41) is 13.6. The summed E-state index contributed by atoms with van der Waals surface area (Å²) >= 11 is 0. The van der Waals surface area contributed by atoms with Crippen molar-refractivity contribution < 1.29 is 14.6 Å². The smallest absolute Gasteiger partial charge is 0.220 e. The normalized spacial score (nSPS) is 33.9. The van der Waals surface area contributed by atoms with Crippen molar-refractivity contribution in [3.8, 4) is 5.75 Å². The molecule has 6 heteroatoms. The number of hydrogen-bond donors (Lipinski definition) is 2. The lowest BCUT2D eigenvalue weighted by Gasteiger charge is -2.60. The Balaban J connectivity index is 0.00000240. The number of nitrogens with zero attached hydrogens (tertiary/aromatic N) is 1. The summed E-state index contributed by atoms with van der Waals surface area (Å²) < 4.78 is 7.00. The van der Waals surface area contributed by atoms with Crippen LogP contribution < -0.4 is 5.32 Å². The molecular formula is C30H37ClN2O3. The van der Waals surface area contributed by atoms with Gasteiger partial charge in [-0.15, -0.1) is 12.4 Å². The number of aromatic hydroxyl groups is 1. The van der Waals surface area contributed by atoms with Gasteiger partial charge in [-0.2, -0.15) is 0 Å². The van der Waals surface area contributed by atoms with Crippen molar-refractivity contribution in [1.82, 2.24) is 10.2 Å². The number of ether oxygens (including phenoxy) is 1. The van der Waals surface area contributed by atoms with Crippen LogP contribution >= 0.6 is 12.4 Å². The average molecular weight is 509 g/mol. The van der Waals surface area contributed by atoms with Crippen LogP contribution in [0.2, 0.25) is 0 Å². The first-order valence-corrected chi connectivity index (χ1v) is 13.6. The van der Waals surface area contributed by atoms with E-state index < -0.39 is 0 Å². The van der Waals surface area contributed by atoms with Gasteiger partial charge in [0.1, 0.15) is 5.75 Å². The van der Waals surface area contributed by atoms with Crippen LogP contribution in [0, 0.1) is 11.8 Å². The summed E-state index contributed by atoms with van der Waals surface area (Å²) in [5.74, 6) is 2.07. The molecule has 36 heavy (non-hydrogen) atoms. The van der Waals surface area contributed by atoms with Crippen LogP contribution in [0.1, 0.15) is 61.1 Å². The SMILES string of the molecule is Cl.O=C(CCc1ccccc1)NC[C@]12CCC(O1)C13Cc4ccc(O)cc4C(CCN1CC1CC1)C32. The van der Waals surface area contributed by atoms with E-state index in [-0.39, 0.29) is 35.6 Å². The summed E-state index contributed by atoms with van der Waals surface area (Å²) in [4.78, 5) is 15.7. The maximum Gasteiger partial charge on any atom is 0.220 e. The Bertz CT molecular complexity index is 1140. The van der Waals surface area contributed by atoms with Crippen molar-refractivity contribution in [1.29, 1.82) is 0 Å². The number of nitrogens with one attached hydrogen (secondary N) is 1. The van der Waals surface area contributed by atoms with Crippen molar-refractivity contribution in [2.75, 3.05) is 19.6 Å². The molecule has 4 unspecified atom stereocenters. The van der Waals surface area contributed by atoms with Gasteiger partial charge in [-0.3, -0.25) is 9.69 Å². The standard InChI is InChI=1S/C30H36N2O3.ClH/c33-23-10-9-22-17-30-26-12-14-29(35-26,19-31-27(34)11-8-20-4-2-1-3-5-20)28(30)24(25(22)16-23)13-15-32(30)18-21-6-7-21;/h1-5,9-10,16,21,24,26,28,33H,6-8,11-15,17-19H2,(H,31,34);1H/t24?,26?,28?,29-,30?;/m0./s1. The molecular weight excluding hydrogens is 472 g/mol. The van der Waals surface area contributed by atoms with E-state index in [2.05, 4.69) is 28.4 Å². The molecule has 0 aromatic heterocycles. The topological polar surface area (TPSA) is 61.8 Å². The van der Waals surface area contributed by atoms with Crippen molar-refractivity contribution in [3.05, 3.63) is 65.2 Å². The lowest BCUT2D eigenvalue weighted by atomic mass is 9.52. The number of rotatable bonds is 7. The second kappa shape index (κ2) is 9.04. The number of aryl methyl sites for hydroxylation is 1. The van der Waals surface area contributed by atoms with Crippen molar-refractivity contribution >= 4 is 18.3 Å². The third kappa shape index (κ3) is 3.77. The highest BCUT2D eigenvalue weighted by molar-refractivity contribution is 5.85. The third-order valence-electron chi connectivity index (χ3n) is 9.82. The molecule has 1 saturated carbocycles. The van der Waals surface area contributed by atoms with Gasteiger partial charge in [0.15, 0.2) is 0 Å². The first-order valence-electron chi connectivity index (χ1n) is 13.6. The molecule has 0 radical (unpaired) electrons. The molecule has 4 fully saturated rings. The zero-order valence-corrected chi connectivity index (χ0v) is 21.6. The summed E-state index contributed by atoms with van der Waals surface area (Å²) in [6.07, 6.45) is 8.44. The number of fused-ring (bicyclic) bond motifs is 4. The van der Waals surface area contributed by atoms with Gasteiger partial charge >= 0.3 is 0 Å². The van der Waals surface area contributed by atoms with Gasteiger partial charge in [-0.1, -0.05) is 36.4 Å². The summed E-state index contributed by atoms with van der Waals surface area (Å²) in [6, 6.07) is 16.3. The van der Waals surface area contributed by atoms with Gasteiger partial charge in [-0.05, 0) is 92.1 Å². The molecule has 5 nitrogen and oxygen atoms in total. The molecule has 2 aromatic carbocycles. The molecule has 5 atom stereocenters. The van der Waals surface area contributed by atoms with E-state index in [9.17, 15) is 9.90 Å². The minimum Gasteiger partial charge on any atom is -0.508 e. The number of hydrogen-bond acceptors (Lipinski definition) is 4. The molecule has 2 N–H and O–H groups in total. The van der Waals surface area contributed by atoms with Crippen LogP contribution in [0.3, 0.4) is 0 Å². The summed E-state index contributed by atoms with van der Waals surface area (Å²) in [5.41, 5.74) is 3.64. The number of phenolic OH excluding ortho intramolecular Hbond substituents is 1. The Kier molecular flexibility index (Phi) is 6.09. The van der Waals surface area contributed by atoms with E-state index in [1.54, 1.807) is 0 Å². The molecule has 3 heterocycles. The predicted octanol–water partition coefficient (Wildman–Crippen LogP) is 4.60. The first-order chi connectivity index (χ1) is 17.1. The van der Waals surface area contributed by atoms with E-state index in [1.807, 2.05) is 30.3 Å². The van der Waals surface area contributed by atoms with Crippen LogP contribution in [0.25, 0.3) is 0 Å². The van der Waals surface area contributed by atoms with Crippen molar-refractivity contribution in [2.45, 2.75) is 74.5 Å². The Hall–Kier alpha value is -2.08. The first kappa shape index (κ1) is 24.3. The van der Waals surface area contributed by atoms with E-state index in [0.29, 0.717) is 30.6 Å². The fourth-order valence-corrected chi connectivity index (χ4v) is 8.21. The molecule has 4 bridgehead atoms. The minimum atomic E-state index is -0.302. The fourth-order valence-electron chi connectivity index (χ4n) is 8.21. The molecule has 192 valence electrons. The summed E-state index contributed by atoms with van der Waals surface area (Å²) in [6.45, 7) is 2.91. The number of phenols is 1. The number of carbonyl (C=O) groups excluding carboxylic acids is 1. The molecule has 5 aliphatic rings. The second-order valence-corrected chi connectivity index (χ2v) is 11.8. The molecule has 2 aromatic rings. The molecule has 7 rings (SSSR count). The highest BCUT2D eigenvalue weighted by atomic mass is 35.5. The third-order valence-corrected chi connectivity index (χ3v) is 9.82. The predicted molar refractivity (Wildman–Crippen MR) is 142 cm³/mol. The summed E-state index contributed by atoms with van der Waals surface area (Å²) in [7, 11) is 0. The van der Waals surface area contributed by atoms with Gasteiger partial charge in [0.25, 0.3) is 0 Å². The zero-order chi connectivity index (χ0) is 23.6. The lowest BCUT2D eigenvalue weighted by molar-refractivity contribution is -0.123. The molecule has 3 saturated heterocycles. The fraction of sp³-hybridized carbons (Fsp3) is 0.567. The minimum absolute atomic E-state index is 0. The van der Waals surface area contributed by atoms with Gasteiger partial charge in [-0.25, -0.2) is 0 Å². The quantitative estimate of drug-likeness (QED) is 0.573. The maximum absolute atomic E-state index is 12.9. The van der Waals surface area contributed by atoms with Crippen LogP contribution in [0.15, 0.2) is 48.5 Å². The Morgan fingerprint density at radius 2 is 1.94 bits per heavy atom. The second-order valence-electron chi connectivity index (χ2n) is 11.8. The largest absolute Gasteiger partial charge is 0.508 e. The Morgan fingerprint density at radius 1 is 1.11 bits per heavy atom. The van der Waals surface area contributed by atoms with E-state index in [0.717, 1.165) is 44.6 Å². The Morgan fingerprint density at radius 3 is 2.75 bits per heavy atom. The van der Waals surface area contributed by atoms with Crippen LogP contribution in [-0.4, -0.2) is 52.8 Å². The molecule has 3 aliphatic heterocycles. The highest BCUT2D eigenvalue weighted by Gasteiger charge is 2.73. The molecule has 1 amide bonds. The number of amides is 1. The Labute approximate surface area is 220 Å². The maximum atomic E-state index is 12.9. The highest BCUT2D eigenvalue weighted by Crippen LogP contribution is 2.66. The zero-order valence-electron chi connectivity index (χ0n) is 20.8. The van der Waals surface area contributed by atoms with Crippen LogP contribution in [0.5, 0.6) is 5.75 Å². The number of halogens is 1. The monoisotopic (exact) mass is 508 g/mol. The molecule has 2 aliphatic carbocycles. The van der Waals surface area contributed by atoms with Crippen molar-refractivity contribution in [3.63, 3.8) is 0 Å². The number of piperidine rings is 1. The number of likely N-dealkylation sites (tertiary alicyclic amines) is 1. The van der Waals surface area contributed by atoms with E-state index in [1.165, 1.54) is 36.1 Å². The van der Waals surface area contributed by atoms with E-state index in [4.69, 9.17) is 4.74 Å². The lowest BCUT2D eigenvalue weighted by Crippen LogP contribution is -2.70. The van der Waals surface area contributed by atoms with Crippen LogP contribution in [-0.2, 0) is 22.4 Å².